The molecule has 1 aromatic heterocycles. The Bertz CT molecular complexity index is 1330. The van der Waals surface area contributed by atoms with Crippen molar-refractivity contribution in [2.45, 2.75) is 25.9 Å². The van der Waals surface area contributed by atoms with Crippen LogP contribution in [-0.2, 0) is 16.1 Å². The molecule has 1 atom stereocenters. The summed E-state index contributed by atoms with van der Waals surface area (Å²) in [5.41, 5.74) is 4.46. The molecule has 0 spiro atoms. The molecule has 2 amide bonds. The highest BCUT2D eigenvalue weighted by Crippen LogP contribution is 2.37. The van der Waals surface area contributed by atoms with E-state index in [2.05, 4.69) is 5.32 Å². The van der Waals surface area contributed by atoms with Gasteiger partial charge in [-0.3, -0.25) is 19.1 Å². The highest BCUT2D eigenvalue weighted by atomic mass is 16.5. The number of aromatic nitrogens is 2. The van der Waals surface area contributed by atoms with E-state index in [1.807, 2.05) is 60.0 Å². The second kappa shape index (κ2) is 8.43. The number of ether oxygens (including phenoxy) is 1. The largest absolute Gasteiger partial charge is 0.497 e. The molecule has 4 aromatic rings. The second-order valence-electron chi connectivity index (χ2n) is 8.18. The number of carbonyl (C=O) groups excluding carboxylic acids is 2. The standard InChI is InChI=1S/C26H24N4O3/c1-17-7-9-18(10-8-17)16-29-25(32)23(30-22-6-4-3-5-21(22)28-26(29)30)15-24(31)27-19-11-13-20(33-2)14-12-19/h3-14,23H,15-16H2,1-2H3,(H,27,31)/t23-/m0/s1. The van der Waals surface area contributed by atoms with Crippen LogP contribution < -0.4 is 15.0 Å². The van der Waals surface area contributed by atoms with Gasteiger partial charge in [-0.1, -0.05) is 42.0 Å². The molecular formula is C26H24N4O3. The molecule has 166 valence electrons. The van der Waals surface area contributed by atoms with Crippen molar-refractivity contribution in [1.29, 1.82) is 0 Å². The van der Waals surface area contributed by atoms with Crippen molar-refractivity contribution < 1.29 is 14.3 Å². The minimum atomic E-state index is -0.656. The predicted octanol–water partition coefficient (Wildman–Crippen LogP) is 4.47. The summed E-state index contributed by atoms with van der Waals surface area (Å²) < 4.78 is 7.05. The molecule has 0 saturated heterocycles. The normalized spacial score (nSPS) is 15.0. The Morgan fingerprint density at radius 2 is 1.76 bits per heavy atom. The van der Waals surface area contributed by atoms with Crippen molar-refractivity contribution in [3.8, 4) is 5.75 Å². The van der Waals surface area contributed by atoms with Gasteiger partial charge in [-0.15, -0.1) is 0 Å². The molecule has 7 heteroatoms. The van der Waals surface area contributed by atoms with Crippen LogP contribution in [0.4, 0.5) is 11.6 Å². The van der Waals surface area contributed by atoms with E-state index in [1.54, 1.807) is 36.3 Å². The van der Waals surface area contributed by atoms with E-state index in [9.17, 15) is 9.59 Å². The van der Waals surface area contributed by atoms with Gasteiger partial charge in [-0.25, -0.2) is 4.98 Å². The molecule has 0 saturated carbocycles. The summed E-state index contributed by atoms with van der Waals surface area (Å²) in [4.78, 5) is 32.8. The van der Waals surface area contributed by atoms with Gasteiger partial charge >= 0.3 is 0 Å². The highest BCUT2D eigenvalue weighted by Gasteiger charge is 2.40. The second-order valence-corrected chi connectivity index (χ2v) is 8.18. The monoisotopic (exact) mass is 440 g/mol. The molecule has 0 aliphatic carbocycles. The fourth-order valence-electron chi connectivity index (χ4n) is 4.18. The minimum absolute atomic E-state index is 0.0165. The van der Waals surface area contributed by atoms with Crippen molar-refractivity contribution in [2.24, 2.45) is 0 Å². The third-order valence-electron chi connectivity index (χ3n) is 5.90. The van der Waals surface area contributed by atoms with Gasteiger partial charge in [-0.05, 0) is 48.9 Å². The van der Waals surface area contributed by atoms with Gasteiger partial charge in [0.2, 0.25) is 11.9 Å². The number of benzene rings is 3. The van der Waals surface area contributed by atoms with Crippen LogP contribution in [0.2, 0.25) is 0 Å². The lowest BCUT2D eigenvalue weighted by atomic mass is 10.1. The van der Waals surface area contributed by atoms with Gasteiger partial charge in [-0.2, -0.15) is 0 Å². The van der Waals surface area contributed by atoms with Gasteiger partial charge in [0.25, 0.3) is 5.91 Å². The van der Waals surface area contributed by atoms with Gasteiger partial charge in [0, 0.05) is 5.69 Å². The fraction of sp³-hybridized carbons (Fsp3) is 0.192. The topological polar surface area (TPSA) is 76.5 Å². The smallest absolute Gasteiger partial charge is 0.253 e. The molecule has 5 rings (SSSR count). The van der Waals surface area contributed by atoms with Crippen molar-refractivity contribution in [3.63, 3.8) is 0 Å². The molecule has 0 unspecified atom stereocenters. The van der Waals surface area contributed by atoms with E-state index in [4.69, 9.17) is 9.72 Å². The summed E-state index contributed by atoms with van der Waals surface area (Å²) in [6.07, 6.45) is 0.0165. The fourth-order valence-corrected chi connectivity index (χ4v) is 4.18. The van der Waals surface area contributed by atoms with Crippen LogP contribution in [0.25, 0.3) is 11.0 Å². The van der Waals surface area contributed by atoms with Gasteiger partial charge < -0.3 is 10.1 Å². The molecule has 1 N–H and O–H groups in total. The number of anilines is 2. The number of amides is 2. The van der Waals surface area contributed by atoms with Crippen LogP contribution in [0.15, 0.2) is 72.8 Å². The maximum absolute atomic E-state index is 13.5. The summed E-state index contributed by atoms with van der Waals surface area (Å²) in [5, 5.41) is 2.88. The van der Waals surface area contributed by atoms with Crippen molar-refractivity contribution >= 4 is 34.5 Å². The zero-order chi connectivity index (χ0) is 22.9. The maximum atomic E-state index is 13.5. The number of hydrogen-bond acceptors (Lipinski definition) is 4. The number of nitrogens with zero attached hydrogens (tertiary/aromatic N) is 3. The summed E-state index contributed by atoms with van der Waals surface area (Å²) in [5.74, 6) is 0.914. The summed E-state index contributed by atoms with van der Waals surface area (Å²) in [7, 11) is 1.59. The molecule has 33 heavy (non-hydrogen) atoms. The zero-order valence-electron chi connectivity index (χ0n) is 18.5. The molecular weight excluding hydrogens is 416 g/mol. The molecule has 1 aliphatic rings. The van der Waals surface area contributed by atoms with E-state index < -0.39 is 6.04 Å². The summed E-state index contributed by atoms with van der Waals surface area (Å²) in [6.45, 7) is 2.43. The SMILES string of the molecule is COc1ccc(NC(=O)C[C@H]2C(=O)N(Cc3ccc(C)cc3)c3nc4ccccc4n32)cc1. The Labute approximate surface area is 191 Å². The van der Waals surface area contributed by atoms with Crippen LogP contribution in [0.3, 0.4) is 0 Å². The molecule has 0 radical (unpaired) electrons. The number of methoxy groups -OCH3 is 1. The Morgan fingerprint density at radius 1 is 1.03 bits per heavy atom. The van der Waals surface area contributed by atoms with Crippen molar-refractivity contribution in [1.82, 2.24) is 9.55 Å². The van der Waals surface area contributed by atoms with Crippen LogP contribution in [-0.4, -0.2) is 28.5 Å². The van der Waals surface area contributed by atoms with Gasteiger partial charge in [0.1, 0.15) is 11.8 Å². The number of imidazole rings is 1. The molecule has 7 nitrogen and oxygen atoms in total. The van der Waals surface area contributed by atoms with E-state index in [1.165, 1.54) is 0 Å². The quantitative estimate of drug-likeness (QED) is 0.480. The lowest BCUT2D eigenvalue weighted by Gasteiger charge is -2.16. The number of hydrogen-bond donors (Lipinski definition) is 1. The Morgan fingerprint density at radius 3 is 2.48 bits per heavy atom. The number of rotatable bonds is 6. The molecule has 1 aliphatic heterocycles. The van der Waals surface area contributed by atoms with E-state index in [0.29, 0.717) is 23.9 Å². The first kappa shape index (κ1) is 20.8. The van der Waals surface area contributed by atoms with Crippen LogP contribution >= 0.6 is 0 Å². The maximum Gasteiger partial charge on any atom is 0.253 e. The predicted molar refractivity (Wildman–Crippen MR) is 127 cm³/mol. The molecule has 3 aromatic carbocycles. The van der Waals surface area contributed by atoms with E-state index >= 15 is 0 Å². The number of nitrogens with one attached hydrogen (secondary N) is 1. The number of carbonyl (C=O) groups is 2. The van der Waals surface area contributed by atoms with Crippen LogP contribution in [0, 0.1) is 6.92 Å². The lowest BCUT2D eigenvalue weighted by molar-refractivity contribution is -0.124. The third-order valence-corrected chi connectivity index (χ3v) is 5.90. The molecule has 0 bridgehead atoms. The van der Waals surface area contributed by atoms with Crippen molar-refractivity contribution in [3.05, 3.63) is 83.9 Å². The van der Waals surface area contributed by atoms with Crippen molar-refractivity contribution in [2.75, 3.05) is 17.3 Å². The zero-order valence-corrected chi connectivity index (χ0v) is 18.5. The number of para-hydroxylation sites is 2. The van der Waals surface area contributed by atoms with Crippen LogP contribution in [0.1, 0.15) is 23.6 Å². The summed E-state index contributed by atoms with van der Waals surface area (Å²) in [6, 6.07) is 22.2. The minimum Gasteiger partial charge on any atom is -0.497 e. The average molecular weight is 441 g/mol. The Kier molecular flexibility index (Phi) is 5.30. The lowest BCUT2D eigenvalue weighted by Crippen LogP contribution is -2.31. The Balaban J connectivity index is 1.43. The first-order valence-electron chi connectivity index (χ1n) is 10.8. The first-order valence-corrected chi connectivity index (χ1v) is 10.8. The summed E-state index contributed by atoms with van der Waals surface area (Å²) >= 11 is 0. The highest BCUT2D eigenvalue weighted by molar-refractivity contribution is 6.05. The first-order chi connectivity index (χ1) is 16.0. The molecule has 0 fully saturated rings. The molecule has 2 heterocycles. The average Bonchev–Trinajstić information content (AvgIpc) is 3.31. The van der Waals surface area contributed by atoms with E-state index in [-0.39, 0.29) is 18.2 Å². The number of aryl methyl sites for hydroxylation is 1. The van der Waals surface area contributed by atoms with Gasteiger partial charge in [0.05, 0.1) is 31.1 Å². The third kappa shape index (κ3) is 3.93. The van der Waals surface area contributed by atoms with E-state index in [0.717, 1.165) is 22.2 Å². The van der Waals surface area contributed by atoms with Gasteiger partial charge in [0.15, 0.2) is 0 Å². The Hall–Kier alpha value is -4.13. The number of fused-ring (bicyclic) bond motifs is 3. The van der Waals surface area contributed by atoms with Crippen LogP contribution in [0.5, 0.6) is 5.75 Å².